The van der Waals surface area contributed by atoms with Crippen molar-refractivity contribution in [2.24, 2.45) is 0 Å². The lowest BCUT2D eigenvalue weighted by molar-refractivity contribution is -0.135. The molecule has 2 N–H and O–H groups in total. The van der Waals surface area contributed by atoms with Gasteiger partial charge in [-0.2, -0.15) is 0 Å². The lowest BCUT2D eigenvalue weighted by atomic mass is 9.82. The highest BCUT2D eigenvalue weighted by atomic mass is 16.2. The van der Waals surface area contributed by atoms with E-state index in [1.54, 1.807) is 19.0 Å². The van der Waals surface area contributed by atoms with Crippen LogP contribution in [0.1, 0.15) is 18.4 Å². The minimum absolute atomic E-state index is 0.0192. The number of likely N-dealkylation sites (N-methyl/N-ethyl adjacent to an activating group) is 1. The third kappa shape index (κ3) is 4.57. The van der Waals surface area contributed by atoms with Gasteiger partial charge >= 0.3 is 7.05 Å². The van der Waals surface area contributed by atoms with Crippen LogP contribution in [0.25, 0.3) is 4.85 Å². The summed E-state index contributed by atoms with van der Waals surface area (Å²) >= 11 is 0. The number of hydrogen-bond donors (Lipinski definition) is 2. The molecule has 1 aliphatic rings. The molecule has 1 amide bonds. The van der Waals surface area contributed by atoms with Crippen molar-refractivity contribution in [2.45, 2.75) is 25.7 Å². The molecule has 2 atom stereocenters. The highest BCUT2D eigenvalue weighted by Crippen LogP contribution is 2.24. The van der Waals surface area contributed by atoms with Crippen LogP contribution in [0.4, 0.5) is 5.69 Å². The summed E-state index contributed by atoms with van der Waals surface area (Å²) in [5.74, 6) is -0.0858. The summed E-state index contributed by atoms with van der Waals surface area (Å²) in [6, 6.07) is 6.79. The molecule has 7 heteroatoms. The first-order valence-electron chi connectivity index (χ1n) is 8.31. The number of carbonyl (C=O) groups is 1. The molecule has 1 heterocycles. The van der Waals surface area contributed by atoms with Crippen LogP contribution in [0, 0.1) is 6.57 Å². The topological polar surface area (TPSA) is 60.2 Å². The molecule has 0 saturated carbocycles. The molecule has 1 aliphatic heterocycles. The van der Waals surface area contributed by atoms with Crippen LogP contribution in [-0.4, -0.2) is 67.1 Å². The van der Waals surface area contributed by atoms with Crippen LogP contribution in [0.2, 0.25) is 6.82 Å². The average Bonchev–Trinajstić information content (AvgIpc) is 2.59. The molecule has 0 bridgehead atoms. The third-order valence-corrected chi connectivity index (χ3v) is 4.55. The summed E-state index contributed by atoms with van der Waals surface area (Å²) < 4.78 is 0. The van der Waals surface area contributed by atoms with Crippen LogP contribution in [0.15, 0.2) is 24.3 Å². The van der Waals surface area contributed by atoms with Crippen molar-refractivity contribution in [3.05, 3.63) is 41.2 Å². The number of benzene rings is 1. The minimum atomic E-state index is -0.767. The van der Waals surface area contributed by atoms with Gasteiger partial charge in [-0.25, -0.2) is 4.85 Å². The van der Waals surface area contributed by atoms with Gasteiger partial charge < -0.3 is 20.1 Å². The van der Waals surface area contributed by atoms with E-state index < -0.39 is 13.1 Å². The summed E-state index contributed by atoms with van der Waals surface area (Å²) in [6.45, 7) is 13.8. The van der Waals surface area contributed by atoms with Crippen LogP contribution in [0.5, 0.6) is 0 Å². The molecule has 0 spiro atoms. The quantitative estimate of drug-likeness (QED) is 0.630. The molecule has 2 rings (SSSR count). The van der Waals surface area contributed by atoms with Crippen molar-refractivity contribution in [3.8, 4) is 0 Å². The Hall–Kier alpha value is -1.88. The zero-order valence-electron chi connectivity index (χ0n) is 14.6. The largest absolute Gasteiger partial charge is 0.437 e. The van der Waals surface area contributed by atoms with Gasteiger partial charge in [0.05, 0.1) is 12.6 Å². The van der Waals surface area contributed by atoms with E-state index >= 15 is 0 Å². The number of nitrogens with one attached hydrogen (secondary N) is 1. The maximum Gasteiger partial charge on any atom is 0.374 e. The molecule has 1 saturated heterocycles. The molecule has 0 aliphatic carbocycles. The van der Waals surface area contributed by atoms with Gasteiger partial charge in [-0.3, -0.25) is 4.79 Å². The second-order valence-corrected chi connectivity index (χ2v) is 6.44. The average molecular weight is 328 g/mol. The predicted octanol–water partition coefficient (Wildman–Crippen LogP) is 1.18. The number of carbonyl (C=O) groups excluding carboxylic acids is 1. The van der Waals surface area contributed by atoms with Gasteiger partial charge in [-0.1, -0.05) is 31.2 Å². The summed E-state index contributed by atoms with van der Waals surface area (Å²) in [5.41, 5.74) is 1.56. The number of rotatable bonds is 5. The SMILES string of the molecule is [C-]#[N+]c1ccc([C@H](C)[C@@H](NB(C)O)C(=O)N2CCN(C)CC2)cc1. The van der Waals surface area contributed by atoms with Crippen molar-refractivity contribution in [2.75, 3.05) is 33.2 Å². The van der Waals surface area contributed by atoms with Gasteiger partial charge in [-0.15, -0.1) is 0 Å². The van der Waals surface area contributed by atoms with Crippen molar-refractivity contribution in [1.29, 1.82) is 0 Å². The standard InChI is InChI=1S/C17H25BN4O2/c1-13(14-5-7-15(19-3)8-6-14)16(20-18(2)24)17(23)22-11-9-21(4)10-12-22/h5-8,13,16,20,24H,9-12H2,1-2,4H3/t13-,16+/m0/s1. The third-order valence-electron chi connectivity index (χ3n) is 4.55. The molecule has 0 radical (unpaired) electrons. The Morgan fingerprint density at radius 2 is 1.88 bits per heavy atom. The molecular formula is C17H25BN4O2. The molecule has 1 fully saturated rings. The summed E-state index contributed by atoms with van der Waals surface area (Å²) in [4.78, 5) is 20.4. The highest BCUT2D eigenvalue weighted by molar-refractivity contribution is 6.46. The van der Waals surface area contributed by atoms with Crippen molar-refractivity contribution < 1.29 is 9.82 Å². The summed E-state index contributed by atoms with van der Waals surface area (Å²) in [7, 11) is 1.28. The Kier molecular flexibility index (Phi) is 6.38. The van der Waals surface area contributed by atoms with E-state index in [4.69, 9.17) is 6.57 Å². The van der Waals surface area contributed by atoms with Gasteiger partial charge in [0.15, 0.2) is 5.69 Å². The van der Waals surface area contributed by atoms with Crippen LogP contribution in [0.3, 0.4) is 0 Å². The zero-order valence-corrected chi connectivity index (χ0v) is 14.6. The van der Waals surface area contributed by atoms with Gasteiger partial charge in [0.2, 0.25) is 5.91 Å². The second-order valence-electron chi connectivity index (χ2n) is 6.44. The minimum Gasteiger partial charge on any atom is -0.437 e. The Labute approximate surface area is 144 Å². The lowest BCUT2D eigenvalue weighted by Gasteiger charge is -2.36. The Bertz CT molecular complexity index is 592. The van der Waals surface area contributed by atoms with E-state index in [-0.39, 0.29) is 11.8 Å². The van der Waals surface area contributed by atoms with Crippen LogP contribution >= 0.6 is 0 Å². The van der Waals surface area contributed by atoms with Gasteiger partial charge in [-0.05, 0) is 19.4 Å². The molecule has 24 heavy (non-hydrogen) atoms. The van der Waals surface area contributed by atoms with E-state index in [0.29, 0.717) is 18.8 Å². The fourth-order valence-electron chi connectivity index (χ4n) is 2.96. The molecule has 1 aromatic rings. The smallest absolute Gasteiger partial charge is 0.374 e. The van der Waals surface area contributed by atoms with Gasteiger partial charge in [0.25, 0.3) is 0 Å². The predicted molar refractivity (Wildman–Crippen MR) is 96.0 cm³/mol. The molecule has 0 aromatic heterocycles. The fourth-order valence-corrected chi connectivity index (χ4v) is 2.96. The van der Waals surface area contributed by atoms with E-state index in [1.807, 2.05) is 24.0 Å². The number of piperazine rings is 1. The monoisotopic (exact) mass is 328 g/mol. The van der Waals surface area contributed by atoms with E-state index in [2.05, 4.69) is 22.0 Å². The number of hydrogen-bond acceptors (Lipinski definition) is 4. The Balaban J connectivity index is 2.16. The normalized spacial score (nSPS) is 17.9. The summed E-state index contributed by atoms with van der Waals surface area (Å²) in [6.07, 6.45) is 0. The molecule has 0 unspecified atom stereocenters. The van der Waals surface area contributed by atoms with Crippen LogP contribution in [-0.2, 0) is 4.79 Å². The fraction of sp³-hybridized carbons (Fsp3) is 0.529. The van der Waals surface area contributed by atoms with E-state index in [1.165, 1.54) is 0 Å². The maximum atomic E-state index is 13.0. The maximum absolute atomic E-state index is 13.0. The lowest BCUT2D eigenvalue weighted by Crippen LogP contribution is -2.57. The zero-order chi connectivity index (χ0) is 17.7. The first-order chi connectivity index (χ1) is 11.4. The van der Waals surface area contributed by atoms with Gasteiger partial charge in [0.1, 0.15) is 0 Å². The molecule has 1 aromatic carbocycles. The van der Waals surface area contributed by atoms with E-state index in [0.717, 1.165) is 18.7 Å². The van der Waals surface area contributed by atoms with Crippen LogP contribution < -0.4 is 5.23 Å². The number of nitrogens with zero attached hydrogens (tertiary/aromatic N) is 3. The summed E-state index contributed by atoms with van der Waals surface area (Å²) in [5, 5.41) is 12.8. The first-order valence-corrected chi connectivity index (χ1v) is 8.31. The van der Waals surface area contributed by atoms with Crippen molar-refractivity contribution in [1.82, 2.24) is 15.0 Å². The van der Waals surface area contributed by atoms with E-state index in [9.17, 15) is 9.82 Å². The van der Waals surface area contributed by atoms with Gasteiger partial charge in [0, 0.05) is 32.1 Å². The van der Waals surface area contributed by atoms with Crippen molar-refractivity contribution in [3.63, 3.8) is 0 Å². The molecular weight excluding hydrogens is 303 g/mol. The second kappa shape index (κ2) is 8.29. The number of amides is 1. The first kappa shape index (κ1) is 18.5. The van der Waals surface area contributed by atoms with Crippen molar-refractivity contribution >= 4 is 18.6 Å². The Morgan fingerprint density at radius 3 is 2.38 bits per heavy atom. The molecule has 128 valence electrons. The highest BCUT2D eigenvalue weighted by Gasteiger charge is 2.32. The Morgan fingerprint density at radius 1 is 1.29 bits per heavy atom. The molecule has 6 nitrogen and oxygen atoms in total.